The second kappa shape index (κ2) is 9.57. The topological polar surface area (TPSA) is 85.7 Å². The van der Waals surface area contributed by atoms with Crippen LogP contribution in [0.1, 0.15) is 16.7 Å². The van der Waals surface area contributed by atoms with Crippen molar-refractivity contribution >= 4 is 31.9 Å². The van der Waals surface area contributed by atoms with Crippen LogP contribution in [0.3, 0.4) is 0 Å². The number of aromatic amines is 1. The van der Waals surface area contributed by atoms with Crippen LogP contribution in [0.25, 0.3) is 11.4 Å². The van der Waals surface area contributed by atoms with Gasteiger partial charge in [-0.2, -0.15) is 0 Å². The van der Waals surface area contributed by atoms with Gasteiger partial charge >= 0.3 is 0 Å². The van der Waals surface area contributed by atoms with Gasteiger partial charge in [-0.25, -0.2) is 5.10 Å². The van der Waals surface area contributed by atoms with E-state index in [0.717, 1.165) is 31.4 Å². The Morgan fingerprint density at radius 1 is 1.10 bits per heavy atom. The minimum atomic E-state index is -0.161. The van der Waals surface area contributed by atoms with Crippen LogP contribution in [0.15, 0.2) is 68.5 Å². The van der Waals surface area contributed by atoms with E-state index < -0.39 is 0 Å². The summed E-state index contributed by atoms with van der Waals surface area (Å²) >= 11 is 7.15. The molecule has 158 valence electrons. The average molecular weight is 545 g/mol. The smallest absolute Gasteiger partial charge is 0.261 e. The lowest BCUT2D eigenvalue weighted by Crippen LogP contribution is -2.21. The normalized spacial score (nSPS) is 10.9. The average Bonchev–Trinajstić information content (AvgIpc) is 3.29. The molecule has 4 rings (SSSR count). The largest absolute Gasteiger partial charge is 0.489 e. The van der Waals surface area contributed by atoms with Gasteiger partial charge in [-0.3, -0.25) is 4.79 Å². The van der Waals surface area contributed by atoms with E-state index in [1.54, 1.807) is 13.2 Å². The molecule has 0 saturated heterocycles. The summed E-state index contributed by atoms with van der Waals surface area (Å²) < 4.78 is 9.41. The van der Waals surface area contributed by atoms with Gasteiger partial charge in [0.1, 0.15) is 12.4 Å². The minimum absolute atomic E-state index is 0.161. The summed E-state index contributed by atoms with van der Waals surface area (Å²) in [6, 6.07) is 16.0. The van der Waals surface area contributed by atoms with Crippen molar-refractivity contribution < 1.29 is 4.74 Å². The Bertz CT molecular complexity index is 1240. The van der Waals surface area contributed by atoms with Crippen molar-refractivity contribution in [3.8, 4) is 17.1 Å². The Hall–Kier alpha value is -2.78. The van der Waals surface area contributed by atoms with Gasteiger partial charge in [0, 0.05) is 22.2 Å². The molecule has 0 saturated carbocycles. The van der Waals surface area contributed by atoms with E-state index in [4.69, 9.17) is 4.74 Å². The second-order valence-electron chi connectivity index (χ2n) is 7.02. The minimum Gasteiger partial charge on any atom is -0.489 e. The Morgan fingerprint density at radius 2 is 1.90 bits per heavy atom. The van der Waals surface area contributed by atoms with Crippen LogP contribution in [0.2, 0.25) is 0 Å². The van der Waals surface area contributed by atoms with Crippen molar-refractivity contribution in [1.29, 1.82) is 0 Å². The number of halogens is 2. The van der Waals surface area contributed by atoms with Crippen molar-refractivity contribution in [3.05, 3.63) is 90.7 Å². The Labute approximate surface area is 195 Å². The molecule has 2 aromatic heterocycles. The van der Waals surface area contributed by atoms with Crippen molar-refractivity contribution in [2.75, 3.05) is 0 Å². The highest BCUT2D eigenvalue weighted by Gasteiger charge is 2.19. The molecular weight excluding hydrogens is 526 g/mol. The molecule has 2 heterocycles. The molecule has 0 spiro atoms. The number of nitrogens with one attached hydrogen (secondary N) is 1. The maximum atomic E-state index is 12.8. The number of H-pyrrole nitrogens is 1. The molecule has 0 unspecified atom stereocenters. The van der Waals surface area contributed by atoms with Gasteiger partial charge in [-0.15, -0.1) is 5.10 Å². The van der Waals surface area contributed by atoms with E-state index in [1.807, 2.05) is 48.5 Å². The first-order valence-corrected chi connectivity index (χ1v) is 11.2. The number of tetrazole rings is 1. The molecule has 0 radical (unpaired) electrons. The fourth-order valence-corrected chi connectivity index (χ4v) is 4.48. The van der Waals surface area contributed by atoms with E-state index >= 15 is 0 Å². The number of hydrogen-bond donors (Lipinski definition) is 1. The summed E-state index contributed by atoms with van der Waals surface area (Å²) in [4.78, 5) is 12.8. The molecule has 0 bridgehead atoms. The summed E-state index contributed by atoms with van der Waals surface area (Å²) in [5.41, 5.74) is 3.29. The molecule has 4 aromatic rings. The molecule has 0 atom stereocenters. The van der Waals surface area contributed by atoms with Crippen LogP contribution in [-0.2, 0) is 26.5 Å². The quantitative estimate of drug-likeness (QED) is 0.371. The van der Waals surface area contributed by atoms with E-state index in [-0.39, 0.29) is 5.56 Å². The zero-order chi connectivity index (χ0) is 21.8. The molecule has 0 fully saturated rings. The van der Waals surface area contributed by atoms with Crippen LogP contribution in [0.4, 0.5) is 0 Å². The zero-order valence-electron chi connectivity index (χ0n) is 16.7. The molecule has 7 nitrogen and oxygen atoms in total. The third kappa shape index (κ3) is 4.94. The highest BCUT2D eigenvalue weighted by atomic mass is 79.9. The molecular formula is C22H19Br2N5O2. The second-order valence-corrected chi connectivity index (χ2v) is 8.79. The van der Waals surface area contributed by atoms with Gasteiger partial charge in [0.2, 0.25) is 0 Å². The van der Waals surface area contributed by atoms with Gasteiger partial charge < -0.3 is 9.30 Å². The molecule has 0 aliphatic carbocycles. The standard InChI is InChI=1S/C22H19Br2N5O2/c1-29-12-18(24)17(20(22(29)30)21-25-27-28-26-21)9-7-15-11-16(23)8-10-19(15)31-13-14-5-3-2-4-6-14/h2-6,8,10-12H,7,9,13H2,1H3,(H,25,26,27,28). The van der Waals surface area contributed by atoms with Crippen LogP contribution in [-0.4, -0.2) is 25.2 Å². The number of aromatic nitrogens is 5. The number of rotatable bonds is 7. The molecule has 1 N–H and O–H groups in total. The third-order valence-corrected chi connectivity index (χ3v) is 6.09. The van der Waals surface area contributed by atoms with Crippen LogP contribution >= 0.6 is 31.9 Å². The number of nitrogens with zero attached hydrogens (tertiary/aromatic N) is 4. The van der Waals surface area contributed by atoms with E-state index in [2.05, 4.69) is 52.5 Å². The first-order valence-electron chi connectivity index (χ1n) is 9.60. The predicted octanol–water partition coefficient (Wildman–Crippen LogP) is 4.45. The number of benzene rings is 2. The highest BCUT2D eigenvalue weighted by Crippen LogP contribution is 2.29. The summed E-state index contributed by atoms with van der Waals surface area (Å²) in [5, 5.41) is 13.9. The summed E-state index contributed by atoms with van der Waals surface area (Å²) in [5.74, 6) is 1.17. The fraction of sp³-hybridized carbons (Fsp3) is 0.182. The van der Waals surface area contributed by atoms with Crippen LogP contribution in [0, 0.1) is 0 Å². The maximum Gasteiger partial charge on any atom is 0.261 e. The molecule has 31 heavy (non-hydrogen) atoms. The van der Waals surface area contributed by atoms with E-state index in [1.165, 1.54) is 4.57 Å². The first-order chi connectivity index (χ1) is 15.0. The Balaban J connectivity index is 1.62. The predicted molar refractivity (Wildman–Crippen MR) is 125 cm³/mol. The molecule has 9 heteroatoms. The zero-order valence-corrected chi connectivity index (χ0v) is 19.9. The van der Waals surface area contributed by atoms with E-state index in [9.17, 15) is 4.79 Å². The molecule has 0 aliphatic heterocycles. The molecule has 2 aromatic carbocycles. The van der Waals surface area contributed by atoms with Crippen molar-refractivity contribution in [1.82, 2.24) is 25.2 Å². The summed E-state index contributed by atoms with van der Waals surface area (Å²) in [7, 11) is 1.70. The number of ether oxygens (including phenoxy) is 1. The Kier molecular flexibility index (Phi) is 6.62. The fourth-order valence-electron chi connectivity index (χ4n) is 3.36. The number of hydrogen-bond acceptors (Lipinski definition) is 5. The van der Waals surface area contributed by atoms with Crippen molar-refractivity contribution in [3.63, 3.8) is 0 Å². The molecule has 0 aliphatic rings. The van der Waals surface area contributed by atoms with Gasteiger partial charge in [-0.1, -0.05) is 46.3 Å². The monoisotopic (exact) mass is 543 g/mol. The first kappa shape index (κ1) is 21.5. The van der Waals surface area contributed by atoms with Crippen molar-refractivity contribution in [2.45, 2.75) is 19.4 Å². The van der Waals surface area contributed by atoms with Gasteiger partial charge in [0.05, 0.1) is 5.56 Å². The molecule has 0 amide bonds. The Morgan fingerprint density at radius 3 is 2.65 bits per heavy atom. The van der Waals surface area contributed by atoms with E-state index in [0.29, 0.717) is 30.8 Å². The summed E-state index contributed by atoms with van der Waals surface area (Å²) in [6.45, 7) is 0.486. The van der Waals surface area contributed by atoms with Crippen LogP contribution in [0.5, 0.6) is 5.75 Å². The summed E-state index contributed by atoms with van der Waals surface area (Å²) in [6.07, 6.45) is 3.04. The number of aryl methyl sites for hydroxylation is 2. The number of pyridine rings is 1. The van der Waals surface area contributed by atoms with Crippen molar-refractivity contribution in [2.24, 2.45) is 7.05 Å². The third-order valence-electron chi connectivity index (χ3n) is 4.92. The van der Waals surface area contributed by atoms with Gasteiger partial charge in [0.15, 0.2) is 5.82 Å². The lowest BCUT2D eigenvalue weighted by atomic mass is 10.00. The maximum absolute atomic E-state index is 12.8. The van der Waals surface area contributed by atoms with Crippen LogP contribution < -0.4 is 10.3 Å². The lowest BCUT2D eigenvalue weighted by molar-refractivity contribution is 0.303. The lowest BCUT2D eigenvalue weighted by Gasteiger charge is -2.15. The van der Waals surface area contributed by atoms with Gasteiger partial charge in [-0.05, 0) is 74.1 Å². The highest BCUT2D eigenvalue weighted by molar-refractivity contribution is 9.10. The SMILES string of the molecule is Cn1cc(Br)c(CCc2cc(Br)ccc2OCc2ccccc2)c(-c2nnn[nH]2)c1=O. The van der Waals surface area contributed by atoms with Gasteiger partial charge in [0.25, 0.3) is 5.56 Å².